The Morgan fingerprint density at radius 3 is 2.38 bits per heavy atom. The molecule has 0 unspecified atom stereocenters. The maximum Gasteiger partial charge on any atom is 0.251 e. The number of hydrogen-bond acceptors (Lipinski definition) is 2. The Hall–Kier alpha value is -2.68. The predicted molar refractivity (Wildman–Crippen MR) is 83.4 cm³/mol. The molecule has 3 rings (SSSR count). The highest BCUT2D eigenvalue weighted by Crippen LogP contribution is 2.11. The number of hydrogen-bond donors (Lipinski definition) is 0. The fourth-order valence-electron chi connectivity index (χ4n) is 2.46. The zero-order chi connectivity index (χ0) is 14.7. The van der Waals surface area contributed by atoms with Gasteiger partial charge in [0.1, 0.15) is 0 Å². The van der Waals surface area contributed by atoms with Crippen LogP contribution in [0.1, 0.15) is 5.56 Å². The van der Waals surface area contributed by atoms with Gasteiger partial charge in [0.2, 0.25) is 0 Å². The lowest BCUT2D eigenvalue weighted by Crippen LogP contribution is -2.24. The van der Waals surface area contributed by atoms with Crippen molar-refractivity contribution in [1.82, 2.24) is 4.57 Å². The molecule has 3 aromatic rings. The second-order valence-electron chi connectivity index (χ2n) is 5.02. The zero-order valence-electron chi connectivity index (χ0n) is 11.5. The summed E-state index contributed by atoms with van der Waals surface area (Å²) in [5, 5.41) is 0.963. The van der Waals surface area contributed by atoms with Gasteiger partial charge in [-0.05, 0) is 23.1 Å². The van der Waals surface area contributed by atoms with Gasteiger partial charge in [-0.1, -0.05) is 48.5 Å². The number of pyridine rings is 1. The van der Waals surface area contributed by atoms with Gasteiger partial charge in [0.25, 0.3) is 5.56 Å². The number of benzene rings is 2. The summed E-state index contributed by atoms with van der Waals surface area (Å²) in [5.74, 6) is 0.0275. The Morgan fingerprint density at radius 2 is 1.57 bits per heavy atom. The number of aromatic nitrogens is 1. The monoisotopic (exact) mass is 277 g/mol. The van der Waals surface area contributed by atoms with E-state index >= 15 is 0 Å². The first-order valence-corrected chi connectivity index (χ1v) is 6.88. The van der Waals surface area contributed by atoms with Gasteiger partial charge in [0, 0.05) is 12.5 Å². The number of rotatable bonds is 4. The van der Waals surface area contributed by atoms with Gasteiger partial charge in [-0.15, -0.1) is 0 Å². The molecule has 0 bridgehead atoms. The lowest BCUT2D eigenvalue weighted by Gasteiger charge is -2.09. The summed E-state index contributed by atoms with van der Waals surface area (Å²) < 4.78 is 1.54. The summed E-state index contributed by atoms with van der Waals surface area (Å²) in [7, 11) is 0. The van der Waals surface area contributed by atoms with Crippen LogP contribution in [0.25, 0.3) is 10.9 Å². The molecular weight excluding hydrogens is 262 g/mol. The minimum Gasteiger partial charge on any atom is -0.301 e. The van der Waals surface area contributed by atoms with E-state index in [9.17, 15) is 9.59 Å². The number of nitrogens with zero attached hydrogens (tertiary/aromatic N) is 1. The molecule has 0 fully saturated rings. The van der Waals surface area contributed by atoms with Crippen molar-refractivity contribution in [2.45, 2.75) is 13.0 Å². The average molecular weight is 277 g/mol. The van der Waals surface area contributed by atoms with E-state index in [1.54, 1.807) is 10.6 Å². The fourth-order valence-corrected chi connectivity index (χ4v) is 2.46. The molecule has 0 amide bonds. The molecule has 0 aliphatic rings. The summed E-state index contributed by atoms with van der Waals surface area (Å²) in [5.41, 5.74) is 1.62. The number of para-hydroxylation sites is 1. The summed E-state index contributed by atoms with van der Waals surface area (Å²) in [6.45, 7) is 0.106. The summed E-state index contributed by atoms with van der Waals surface area (Å²) in [6.07, 6.45) is 0.344. The quantitative estimate of drug-likeness (QED) is 0.735. The van der Waals surface area contributed by atoms with E-state index in [2.05, 4.69) is 0 Å². The van der Waals surface area contributed by atoms with Gasteiger partial charge in [0.15, 0.2) is 5.78 Å². The van der Waals surface area contributed by atoms with E-state index in [0.29, 0.717) is 6.42 Å². The molecule has 1 aromatic heterocycles. The van der Waals surface area contributed by atoms with Gasteiger partial charge in [-0.2, -0.15) is 0 Å². The second-order valence-corrected chi connectivity index (χ2v) is 5.02. The fraction of sp³-hybridized carbons (Fsp3) is 0.111. The summed E-state index contributed by atoms with van der Waals surface area (Å²) >= 11 is 0. The number of carbonyl (C=O) groups excluding carboxylic acids is 1. The van der Waals surface area contributed by atoms with Crippen molar-refractivity contribution in [1.29, 1.82) is 0 Å². The van der Waals surface area contributed by atoms with E-state index in [1.807, 2.05) is 54.6 Å². The molecule has 21 heavy (non-hydrogen) atoms. The van der Waals surface area contributed by atoms with E-state index in [4.69, 9.17) is 0 Å². The first-order chi connectivity index (χ1) is 10.2. The molecular formula is C18H15NO2. The van der Waals surface area contributed by atoms with Crippen LogP contribution in [0.15, 0.2) is 71.5 Å². The molecule has 0 saturated heterocycles. The Balaban J connectivity index is 1.89. The van der Waals surface area contributed by atoms with Crippen LogP contribution in [0.3, 0.4) is 0 Å². The molecule has 2 aromatic carbocycles. The van der Waals surface area contributed by atoms with E-state index in [0.717, 1.165) is 16.5 Å². The van der Waals surface area contributed by atoms with Crippen molar-refractivity contribution in [3.63, 3.8) is 0 Å². The standard InChI is InChI=1S/C18H15NO2/c20-16(12-14-6-2-1-3-7-14)13-19-17-9-5-4-8-15(17)10-11-18(19)21/h1-11H,12-13H2. The van der Waals surface area contributed by atoms with Crippen molar-refractivity contribution in [2.75, 3.05) is 0 Å². The highest BCUT2D eigenvalue weighted by atomic mass is 16.1. The molecule has 0 saturated carbocycles. The highest BCUT2D eigenvalue weighted by molar-refractivity contribution is 5.84. The minimum atomic E-state index is -0.143. The molecule has 0 aliphatic carbocycles. The smallest absolute Gasteiger partial charge is 0.251 e. The number of carbonyl (C=O) groups is 1. The minimum absolute atomic E-state index is 0.0275. The third-order valence-corrected chi connectivity index (χ3v) is 3.48. The van der Waals surface area contributed by atoms with Crippen LogP contribution in [-0.2, 0) is 17.8 Å². The molecule has 3 heteroatoms. The van der Waals surface area contributed by atoms with Crippen LogP contribution in [0.2, 0.25) is 0 Å². The van der Waals surface area contributed by atoms with Crippen LogP contribution >= 0.6 is 0 Å². The summed E-state index contributed by atoms with van der Waals surface area (Å²) in [4.78, 5) is 24.2. The van der Waals surface area contributed by atoms with Crippen LogP contribution in [-0.4, -0.2) is 10.4 Å². The molecule has 0 N–H and O–H groups in total. The maximum atomic E-state index is 12.2. The third kappa shape index (κ3) is 2.92. The molecule has 0 spiro atoms. The van der Waals surface area contributed by atoms with E-state index in [-0.39, 0.29) is 17.9 Å². The molecule has 1 heterocycles. The van der Waals surface area contributed by atoms with E-state index in [1.165, 1.54) is 6.07 Å². The van der Waals surface area contributed by atoms with Gasteiger partial charge >= 0.3 is 0 Å². The van der Waals surface area contributed by atoms with Crippen LogP contribution < -0.4 is 5.56 Å². The first kappa shape index (κ1) is 13.3. The Labute approximate surface area is 122 Å². The van der Waals surface area contributed by atoms with Crippen molar-refractivity contribution < 1.29 is 4.79 Å². The first-order valence-electron chi connectivity index (χ1n) is 6.88. The number of fused-ring (bicyclic) bond motifs is 1. The van der Waals surface area contributed by atoms with Gasteiger partial charge in [0.05, 0.1) is 12.1 Å². The molecule has 104 valence electrons. The van der Waals surface area contributed by atoms with Crippen LogP contribution in [0.5, 0.6) is 0 Å². The van der Waals surface area contributed by atoms with Crippen molar-refractivity contribution in [3.05, 3.63) is 82.6 Å². The van der Waals surface area contributed by atoms with Crippen molar-refractivity contribution in [3.8, 4) is 0 Å². The maximum absolute atomic E-state index is 12.2. The largest absolute Gasteiger partial charge is 0.301 e. The molecule has 0 atom stereocenters. The van der Waals surface area contributed by atoms with Crippen LogP contribution in [0, 0.1) is 0 Å². The van der Waals surface area contributed by atoms with Crippen molar-refractivity contribution >= 4 is 16.7 Å². The number of ketones is 1. The van der Waals surface area contributed by atoms with E-state index < -0.39 is 0 Å². The van der Waals surface area contributed by atoms with Crippen molar-refractivity contribution in [2.24, 2.45) is 0 Å². The second kappa shape index (κ2) is 5.75. The lowest BCUT2D eigenvalue weighted by atomic mass is 10.1. The molecule has 0 radical (unpaired) electrons. The van der Waals surface area contributed by atoms with Gasteiger partial charge < -0.3 is 4.57 Å². The molecule has 3 nitrogen and oxygen atoms in total. The number of Topliss-reactive ketones (excluding diaryl/α,β-unsaturated/α-hetero) is 1. The van der Waals surface area contributed by atoms with Crippen LogP contribution in [0.4, 0.5) is 0 Å². The topological polar surface area (TPSA) is 39.1 Å². The van der Waals surface area contributed by atoms with Gasteiger partial charge in [-0.3, -0.25) is 9.59 Å². The SMILES string of the molecule is O=C(Cc1ccccc1)Cn1c(=O)ccc2ccccc21. The Morgan fingerprint density at radius 1 is 0.857 bits per heavy atom. The normalized spacial score (nSPS) is 10.7. The molecule has 0 aliphatic heterocycles. The summed E-state index contributed by atoms with van der Waals surface area (Å²) in [6, 6.07) is 20.5. The highest BCUT2D eigenvalue weighted by Gasteiger charge is 2.08. The third-order valence-electron chi connectivity index (χ3n) is 3.48. The zero-order valence-corrected chi connectivity index (χ0v) is 11.5. The predicted octanol–water partition coefficient (Wildman–Crippen LogP) is 2.81. The van der Waals surface area contributed by atoms with Gasteiger partial charge in [-0.25, -0.2) is 0 Å². The Bertz CT molecular complexity index is 834. The lowest BCUT2D eigenvalue weighted by molar-refractivity contribution is -0.118. The Kier molecular flexibility index (Phi) is 3.65. The average Bonchev–Trinajstić information content (AvgIpc) is 2.51.